The van der Waals surface area contributed by atoms with E-state index in [1.807, 2.05) is 51.2 Å². The molecule has 0 saturated carbocycles. The van der Waals surface area contributed by atoms with Gasteiger partial charge in [0.1, 0.15) is 54.3 Å². The molecule has 67 heavy (non-hydrogen) atoms. The first-order valence-corrected chi connectivity index (χ1v) is 23.7. The fourth-order valence-electron chi connectivity index (χ4n) is 7.60. The average Bonchev–Trinajstić information content (AvgIpc) is 3.83. The van der Waals surface area contributed by atoms with E-state index < -0.39 is 89.5 Å². The van der Waals surface area contributed by atoms with E-state index in [0.717, 1.165) is 23.9 Å². The number of benzene rings is 2. The fourth-order valence-corrected chi connectivity index (χ4v) is 9.69. The molecule has 0 amide bonds. The van der Waals surface area contributed by atoms with E-state index in [1.165, 1.54) is 21.4 Å². The number of aliphatic hydroxyl groups excluding tert-OH is 5. The van der Waals surface area contributed by atoms with Crippen molar-refractivity contribution in [3.8, 4) is 0 Å². The van der Waals surface area contributed by atoms with Crippen LogP contribution in [0, 0.1) is 13.8 Å². The smallest absolute Gasteiger partial charge is 0.388 e. The average molecular weight is 975 g/mol. The highest BCUT2D eigenvalue weighted by molar-refractivity contribution is 7.61. The molecular formula is C40H52N10O15P2. The number of nitrogens with one attached hydrogen (secondary N) is 2. The van der Waals surface area contributed by atoms with E-state index >= 15 is 0 Å². The summed E-state index contributed by atoms with van der Waals surface area (Å²) >= 11 is 0. The van der Waals surface area contributed by atoms with Crippen LogP contribution < -0.4 is 26.8 Å². The summed E-state index contributed by atoms with van der Waals surface area (Å²) < 4.78 is 46.1. The van der Waals surface area contributed by atoms with Gasteiger partial charge in [-0.1, -0.05) is 36.4 Å². The van der Waals surface area contributed by atoms with Crippen LogP contribution in [-0.4, -0.2) is 146 Å². The number of hydrogen-bond donors (Lipinski definition) is 10. The Hall–Kier alpha value is -5.21. The summed E-state index contributed by atoms with van der Waals surface area (Å²) in [6.07, 6.45) is -5.64. The van der Waals surface area contributed by atoms with E-state index in [2.05, 4.69) is 57.7 Å². The van der Waals surface area contributed by atoms with Crippen molar-refractivity contribution in [2.75, 3.05) is 48.9 Å². The van der Waals surface area contributed by atoms with Crippen LogP contribution >= 0.6 is 15.6 Å². The number of rotatable bonds is 19. The molecule has 2 unspecified atom stereocenters. The second-order valence-corrected chi connectivity index (χ2v) is 19.3. The molecule has 7 rings (SSSR count). The largest absolute Gasteiger partial charge is 0.481 e. The molecule has 362 valence electrons. The van der Waals surface area contributed by atoms with E-state index in [0.29, 0.717) is 17.9 Å². The summed E-state index contributed by atoms with van der Waals surface area (Å²) in [5.74, 6) is -0.0270. The van der Waals surface area contributed by atoms with Gasteiger partial charge >= 0.3 is 21.3 Å². The molecule has 0 spiro atoms. The number of aromatic amines is 2. The fraction of sp³-hybridized carbons (Fsp3) is 0.425. The maximum Gasteiger partial charge on any atom is 0.481 e. The lowest BCUT2D eigenvalue weighted by atomic mass is 10.0. The summed E-state index contributed by atoms with van der Waals surface area (Å²) in [6.45, 7) is 3.51. The molecule has 10 atom stereocenters. The third kappa shape index (κ3) is 11.1. The predicted octanol–water partition coefficient (Wildman–Crippen LogP) is 0.721. The number of aliphatic hydroxyl groups is 5. The van der Waals surface area contributed by atoms with Gasteiger partial charge in [0.15, 0.2) is 23.4 Å². The predicted molar refractivity (Wildman–Crippen MR) is 240 cm³/mol. The van der Waals surface area contributed by atoms with E-state index in [4.69, 9.17) is 15.0 Å². The van der Waals surface area contributed by atoms with Crippen molar-refractivity contribution >= 4 is 55.5 Å². The number of anilines is 5. The second-order valence-electron chi connectivity index (χ2n) is 16.2. The Balaban J connectivity index is 0.987. The summed E-state index contributed by atoms with van der Waals surface area (Å²) in [6, 6.07) is 13.7. The van der Waals surface area contributed by atoms with Gasteiger partial charge in [-0.25, -0.2) is 28.9 Å². The first-order chi connectivity index (χ1) is 31.6. The van der Waals surface area contributed by atoms with Crippen molar-refractivity contribution in [3.63, 3.8) is 0 Å². The molecule has 2 aliphatic rings. The summed E-state index contributed by atoms with van der Waals surface area (Å²) in [5.41, 5.74) is 8.13. The number of β-amino-alcohol motifs (C(OH)–C–C–N with tert-alkyl or cyclic N) is 1. The lowest BCUT2D eigenvalue weighted by Gasteiger charge is -2.39. The number of fused-ring (bicyclic) bond motifs is 3. The standard InChI is InChI=1S/C40H52N10O15P2/c1-21-13-25-26(14-22(21)2)49(37-31(38(56)46-40(57)45-37)48(25)12-8-11-47(4)23(3)15-24-9-6-5-7-10-24)16-27(51)32(53)28(52)17-62-66(58,59)65-67(60,61)63-18-29-33(54)34(55)39(64-29)50-20-44-30-35(41)42-19-43-36(30)50/h5-10,12-14,19-20,23,27-29,32-34,39,51-55H,11,15-18H2,1-4H3,(H,58,59)(H,60,61)(H2,41,42,43)(H2,45,46,56,57)/b12-8+/t23-,27+,28-,29-,32+,33-,34-,39-/m1/s1. The minimum atomic E-state index is -5.58. The van der Waals surface area contributed by atoms with Crippen LogP contribution in [0.15, 0.2) is 77.0 Å². The number of phosphoric acid groups is 2. The number of imidazole rings is 1. The van der Waals surface area contributed by atoms with E-state index in [9.17, 15) is 54.0 Å². The van der Waals surface area contributed by atoms with E-state index in [1.54, 1.807) is 17.2 Å². The number of aryl methyl sites for hydroxylation is 2. The van der Waals surface area contributed by atoms with Gasteiger partial charge in [0.2, 0.25) is 0 Å². The van der Waals surface area contributed by atoms with Crippen molar-refractivity contribution in [2.24, 2.45) is 0 Å². The summed E-state index contributed by atoms with van der Waals surface area (Å²) in [4.78, 5) is 68.7. The van der Waals surface area contributed by atoms with Crippen LogP contribution in [0.4, 0.5) is 28.7 Å². The number of aromatic nitrogens is 6. The second kappa shape index (κ2) is 20.2. The number of ether oxygens (including phenoxy) is 1. The summed E-state index contributed by atoms with van der Waals surface area (Å²) in [5, 5.41) is 54.4. The maximum absolute atomic E-state index is 13.6. The Labute approximate surface area is 381 Å². The quantitative estimate of drug-likeness (QED) is 0.0510. The number of nitrogens with zero attached hydrogens (tertiary/aromatic N) is 7. The van der Waals surface area contributed by atoms with Crippen LogP contribution in [0.3, 0.4) is 0 Å². The third-order valence-electron chi connectivity index (χ3n) is 11.5. The Kier molecular flexibility index (Phi) is 15.0. The Morgan fingerprint density at radius 1 is 0.955 bits per heavy atom. The van der Waals surface area contributed by atoms with Gasteiger partial charge in [0.05, 0.1) is 37.5 Å². The zero-order chi connectivity index (χ0) is 48.5. The normalized spacial score (nSPS) is 22.1. The van der Waals surface area contributed by atoms with Gasteiger partial charge in [0, 0.05) is 18.8 Å². The highest BCUT2D eigenvalue weighted by Crippen LogP contribution is 2.60. The zero-order valence-electron chi connectivity index (χ0n) is 36.5. The first-order valence-electron chi connectivity index (χ1n) is 20.7. The Bertz CT molecular complexity index is 2810. The molecule has 5 heterocycles. The molecule has 3 aromatic heterocycles. The molecule has 5 aromatic rings. The molecule has 1 saturated heterocycles. The molecule has 11 N–H and O–H groups in total. The number of hydrogen-bond acceptors (Lipinski definition) is 20. The van der Waals surface area contributed by atoms with Crippen molar-refractivity contribution in [1.29, 1.82) is 0 Å². The molecule has 27 heteroatoms. The minimum absolute atomic E-state index is 0.0244. The molecule has 0 bridgehead atoms. The highest BCUT2D eigenvalue weighted by Gasteiger charge is 2.46. The molecule has 0 aliphatic carbocycles. The van der Waals surface area contributed by atoms with Gasteiger partial charge in [-0.2, -0.15) is 4.31 Å². The van der Waals surface area contributed by atoms with Crippen molar-refractivity contribution in [3.05, 3.63) is 105 Å². The number of phosphoric ester groups is 2. The first kappa shape index (κ1) is 49.7. The monoisotopic (exact) mass is 974 g/mol. The van der Waals surface area contributed by atoms with Gasteiger partial charge in [-0.15, -0.1) is 0 Å². The number of H-pyrrole nitrogens is 2. The topological polar surface area (TPSA) is 358 Å². The highest BCUT2D eigenvalue weighted by atomic mass is 31.3. The van der Waals surface area contributed by atoms with Crippen LogP contribution in [-0.2, 0) is 33.6 Å². The van der Waals surface area contributed by atoms with Crippen LogP contribution in [0.5, 0.6) is 0 Å². The molecule has 2 aliphatic heterocycles. The van der Waals surface area contributed by atoms with Gasteiger partial charge in [0.25, 0.3) is 5.56 Å². The SMILES string of the molecule is Cc1cc2c(cc1C)N(C[C@H](O)[C@H](O)[C@H](O)COP(=O)(O)OP(=O)(O)OC[C@H]1O[C@@H](n3cnc4c(N)ncnc43)[C@H](O)[C@@H]1O)c1[nH]c(=O)[nH]c(=O)c1N2/C=C/CN(C)[C@H](C)Cc1ccccc1. The maximum atomic E-state index is 13.6. The van der Waals surface area contributed by atoms with Gasteiger partial charge < -0.3 is 55.6 Å². The molecule has 0 radical (unpaired) electrons. The van der Waals surface area contributed by atoms with Crippen molar-refractivity contribution in [1.82, 2.24) is 34.4 Å². The number of nitrogens with two attached hydrogens (primary N) is 1. The van der Waals surface area contributed by atoms with Crippen LogP contribution in [0.1, 0.15) is 29.8 Å². The van der Waals surface area contributed by atoms with Gasteiger partial charge in [-0.3, -0.25) is 33.3 Å². The third-order valence-corrected chi connectivity index (χ3v) is 14.1. The van der Waals surface area contributed by atoms with Gasteiger partial charge in [-0.05, 0) is 63.1 Å². The number of nitrogen functional groups attached to an aromatic ring is 1. The van der Waals surface area contributed by atoms with Crippen molar-refractivity contribution < 1.29 is 62.5 Å². The van der Waals surface area contributed by atoms with Crippen LogP contribution in [0.2, 0.25) is 0 Å². The number of likely N-dealkylation sites (N-methyl/N-ethyl adjacent to an activating group) is 1. The molecule has 25 nitrogen and oxygen atoms in total. The molecular weight excluding hydrogens is 922 g/mol. The minimum Gasteiger partial charge on any atom is -0.388 e. The molecule has 2 aromatic carbocycles. The zero-order valence-corrected chi connectivity index (χ0v) is 38.3. The van der Waals surface area contributed by atoms with Crippen molar-refractivity contribution in [2.45, 2.75) is 76.1 Å². The van der Waals surface area contributed by atoms with E-state index in [-0.39, 0.29) is 34.5 Å². The molecule has 1 fully saturated rings. The lowest BCUT2D eigenvalue weighted by molar-refractivity contribution is -0.0719. The Morgan fingerprint density at radius 2 is 1.64 bits per heavy atom. The Morgan fingerprint density at radius 3 is 2.36 bits per heavy atom. The summed E-state index contributed by atoms with van der Waals surface area (Å²) in [7, 11) is -9.13. The van der Waals surface area contributed by atoms with Crippen LogP contribution in [0.25, 0.3) is 11.2 Å². The lowest BCUT2D eigenvalue weighted by Crippen LogP contribution is -2.47.